The minimum Gasteiger partial charge on any atom is -0.465 e. The molecule has 0 amide bonds. The number of ether oxygens (including phenoxy) is 2. The van der Waals surface area contributed by atoms with Gasteiger partial charge in [-0.3, -0.25) is 9.59 Å². The van der Waals surface area contributed by atoms with E-state index in [0.29, 0.717) is 37.9 Å². The zero-order valence-corrected chi connectivity index (χ0v) is 15.6. The molecule has 0 aromatic heterocycles. The molecule has 0 bridgehead atoms. The Morgan fingerprint density at radius 1 is 0.739 bits per heavy atom. The lowest BCUT2D eigenvalue weighted by Crippen LogP contribution is -2.12. The van der Waals surface area contributed by atoms with Gasteiger partial charge >= 0.3 is 11.9 Å². The van der Waals surface area contributed by atoms with Gasteiger partial charge in [0.25, 0.3) is 0 Å². The Balaban J connectivity index is 3.50. The van der Waals surface area contributed by atoms with Crippen LogP contribution in [0.3, 0.4) is 0 Å². The molecule has 0 aromatic carbocycles. The molecule has 0 heterocycles. The Morgan fingerprint density at radius 3 is 1.48 bits per heavy atom. The molecule has 0 aliphatic heterocycles. The molecule has 0 N–H and O–H groups in total. The van der Waals surface area contributed by atoms with Crippen molar-refractivity contribution in [1.29, 1.82) is 0 Å². The summed E-state index contributed by atoms with van der Waals surface area (Å²) in [5, 5.41) is 0. The largest absolute Gasteiger partial charge is 0.465 e. The Bertz CT molecular complexity index is 284. The number of rotatable bonds is 14. The number of unbranched alkanes of at least 4 members (excludes halogenated alkanes) is 2. The van der Waals surface area contributed by atoms with Crippen molar-refractivity contribution in [3.05, 3.63) is 0 Å². The number of hydrogen-bond acceptors (Lipinski definition) is 4. The summed E-state index contributed by atoms with van der Waals surface area (Å²) in [6.45, 7) is 9.51. The Kier molecular flexibility index (Phi) is 13.9. The quantitative estimate of drug-likeness (QED) is 0.336. The molecule has 0 rings (SSSR count). The Labute approximate surface area is 142 Å². The molecule has 2 atom stereocenters. The summed E-state index contributed by atoms with van der Waals surface area (Å²) in [4.78, 5) is 23.1. The predicted molar refractivity (Wildman–Crippen MR) is 93.1 cm³/mol. The maximum absolute atomic E-state index is 11.6. The number of carbonyl (C=O) groups is 2. The summed E-state index contributed by atoms with van der Waals surface area (Å²) in [5.74, 6) is 0.635. The van der Waals surface area contributed by atoms with Crippen LogP contribution in [0.25, 0.3) is 0 Å². The van der Waals surface area contributed by atoms with Crippen LogP contribution in [-0.2, 0) is 19.1 Å². The minimum atomic E-state index is -0.121. The van der Waals surface area contributed by atoms with E-state index >= 15 is 0 Å². The van der Waals surface area contributed by atoms with Gasteiger partial charge in [0.05, 0.1) is 13.2 Å². The first-order valence-electron chi connectivity index (χ1n) is 9.30. The molecule has 0 saturated carbocycles. The SMILES string of the molecule is CCCC(C)COC(=O)CCCCCC(=O)OCC(C)CCC. The first kappa shape index (κ1) is 21.9. The number of carbonyl (C=O) groups excluding carboxylic acids is 2. The highest BCUT2D eigenvalue weighted by molar-refractivity contribution is 5.69. The molecule has 0 aliphatic rings. The third-order valence-electron chi connectivity index (χ3n) is 3.88. The third kappa shape index (κ3) is 14.3. The molecule has 0 aliphatic carbocycles. The smallest absolute Gasteiger partial charge is 0.305 e. The summed E-state index contributed by atoms with van der Waals surface area (Å²) >= 11 is 0. The molecule has 0 saturated heterocycles. The average molecular weight is 328 g/mol. The summed E-state index contributed by atoms with van der Waals surface area (Å²) in [5.41, 5.74) is 0. The molecule has 23 heavy (non-hydrogen) atoms. The maximum Gasteiger partial charge on any atom is 0.305 e. The number of esters is 2. The minimum absolute atomic E-state index is 0.121. The monoisotopic (exact) mass is 328 g/mol. The second-order valence-corrected chi connectivity index (χ2v) is 6.71. The first-order valence-corrected chi connectivity index (χ1v) is 9.30. The molecule has 2 unspecified atom stereocenters. The van der Waals surface area contributed by atoms with E-state index in [1.165, 1.54) is 0 Å². The summed E-state index contributed by atoms with van der Waals surface area (Å²) in [7, 11) is 0. The van der Waals surface area contributed by atoms with Crippen molar-refractivity contribution in [3.63, 3.8) is 0 Å². The fraction of sp³-hybridized carbons (Fsp3) is 0.895. The standard InChI is InChI=1S/C19H36O4/c1-5-10-16(3)14-22-18(20)12-8-7-9-13-19(21)23-15-17(4)11-6-2/h16-17H,5-15H2,1-4H3. The van der Waals surface area contributed by atoms with E-state index < -0.39 is 0 Å². The van der Waals surface area contributed by atoms with Crippen molar-refractivity contribution >= 4 is 11.9 Å². The van der Waals surface area contributed by atoms with Crippen LogP contribution in [0.4, 0.5) is 0 Å². The Morgan fingerprint density at radius 2 is 1.13 bits per heavy atom. The van der Waals surface area contributed by atoms with Crippen molar-refractivity contribution in [3.8, 4) is 0 Å². The summed E-state index contributed by atoms with van der Waals surface area (Å²) in [6.07, 6.45) is 7.72. The zero-order chi connectivity index (χ0) is 17.5. The van der Waals surface area contributed by atoms with Gasteiger partial charge in [-0.2, -0.15) is 0 Å². The molecule has 0 spiro atoms. The molecular weight excluding hydrogens is 292 g/mol. The fourth-order valence-electron chi connectivity index (χ4n) is 2.48. The van der Waals surface area contributed by atoms with Gasteiger partial charge in [0.2, 0.25) is 0 Å². The van der Waals surface area contributed by atoms with Gasteiger partial charge in [0, 0.05) is 12.8 Å². The van der Waals surface area contributed by atoms with Crippen LogP contribution >= 0.6 is 0 Å². The van der Waals surface area contributed by atoms with E-state index in [0.717, 1.165) is 44.9 Å². The van der Waals surface area contributed by atoms with Crippen molar-refractivity contribution in [1.82, 2.24) is 0 Å². The normalized spacial score (nSPS) is 13.4. The second-order valence-electron chi connectivity index (χ2n) is 6.71. The third-order valence-corrected chi connectivity index (χ3v) is 3.88. The van der Waals surface area contributed by atoms with Crippen LogP contribution in [0.2, 0.25) is 0 Å². The topological polar surface area (TPSA) is 52.6 Å². The molecule has 0 aromatic rings. The van der Waals surface area contributed by atoms with Gasteiger partial charge in [0.15, 0.2) is 0 Å². The zero-order valence-electron chi connectivity index (χ0n) is 15.6. The van der Waals surface area contributed by atoms with E-state index in [4.69, 9.17) is 9.47 Å². The predicted octanol–water partition coefficient (Wildman–Crippen LogP) is 4.90. The fourth-order valence-corrected chi connectivity index (χ4v) is 2.48. The van der Waals surface area contributed by atoms with Gasteiger partial charge in [-0.15, -0.1) is 0 Å². The van der Waals surface area contributed by atoms with Crippen molar-refractivity contribution in [2.45, 2.75) is 85.5 Å². The Hall–Kier alpha value is -1.06. The molecule has 0 fully saturated rings. The maximum atomic E-state index is 11.6. The van der Waals surface area contributed by atoms with Crippen LogP contribution in [0.5, 0.6) is 0 Å². The van der Waals surface area contributed by atoms with Crippen LogP contribution in [0.15, 0.2) is 0 Å². The second kappa shape index (κ2) is 14.5. The lowest BCUT2D eigenvalue weighted by atomic mass is 10.1. The lowest BCUT2D eigenvalue weighted by Gasteiger charge is -2.11. The van der Waals surface area contributed by atoms with Crippen LogP contribution in [-0.4, -0.2) is 25.2 Å². The highest BCUT2D eigenvalue weighted by Gasteiger charge is 2.09. The van der Waals surface area contributed by atoms with Gasteiger partial charge in [-0.25, -0.2) is 0 Å². The van der Waals surface area contributed by atoms with E-state index in [1.807, 2.05) is 0 Å². The van der Waals surface area contributed by atoms with E-state index in [-0.39, 0.29) is 11.9 Å². The first-order chi connectivity index (χ1) is 11.0. The highest BCUT2D eigenvalue weighted by Crippen LogP contribution is 2.10. The molecular formula is C19H36O4. The van der Waals surface area contributed by atoms with Gasteiger partial charge < -0.3 is 9.47 Å². The van der Waals surface area contributed by atoms with Crippen LogP contribution in [0, 0.1) is 11.8 Å². The van der Waals surface area contributed by atoms with Crippen molar-refractivity contribution < 1.29 is 19.1 Å². The van der Waals surface area contributed by atoms with Crippen molar-refractivity contribution in [2.75, 3.05) is 13.2 Å². The molecule has 4 nitrogen and oxygen atoms in total. The van der Waals surface area contributed by atoms with E-state index in [2.05, 4.69) is 27.7 Å². The summed E-state index contributed by atoms with van der Waals surface area (Å²) < 4.78 is 10.5. The average Bonchev–Trinajstić information content (AvgIpc) is 2.51. The lowest BCUT2D eigenvalue weighted by molar-refractivity contribution is -0.145. The number of hydrogen-bond donors (Lipinski definition) is 0. The molecule has 0 radical (unpaired) electrons. The van der Waals surface area contributed by atoms with E-state index in [9.17, 15) is 9.59 Å². The van der Waals surface area contributed by atoms with E-state index in [1.54, 1.807) is 0 Å². The summed E-state index contributed by atoms with van der Waals surface area (Å²) in [6, 6.07) is 0. The van der Waals surface area contributed by atoms with Gasteiger partial charge in [0.1, 0.15) is 0 Å². The van der Waals surface area contributed by atoms with Crippen molar-refractivity contribution in [2.24, 2.45) is 11.8 Å². The van der Waals surface area contributed by atoms with Gasteiger partial charge in [-0.05, 0) is 37.5 Å². The van der Waals surface area contributed by atoms with Gasteiger partial charge in [-0.1, -0.05) is 47.0 Å². The molecule has 4 heteroatoms. The highest BCUT2D eigenvalue weighted by atomic mass is 16.5. The van der Waals surface area contributed by atoms with Crippen LogP contribution < -0.4 is 0 Å². The van der Waals surface area contributed by atoms with Crippen LogP contribution in [0.1, 0.15) is 85.5 Å². The molecule has 136 valence electrons.